The lowest BCUT2D eigenvalue weighted by Crippen LogP contribution is -2.45. The number of aliphatic hydroxyl groups is 2. The summed E-state index contributed by atoms with van der Waals surface area (Å²) in [4.78, 5) is 24.5. The van der Waals surface area contributed by atoms with Crippen LogP contribution in [0.5, 0.6) is 0 Å². The van der Waals surface area contributed by atoms with Gasteiger partial charge in [0.1, 0.15) is 0 Å². The number of carbonyl (C=O) groups excluding carboxylic acids is 2. The first-order chi connectivity index (χ1) is 39.0. The number of hydrogen-bond acceptors (Lipinski definition) is 5. The Morgan fingerprint density at radius 1 is 0.304 bits per heavy atom. The second-order valence-electron chi connectivity index (χ2n) is 25.6. The van der Waals surface area contributed by atoms with Gasteiger partial charge in [-0.25, -0.2) is 0 Å². The molecule has 0 bridgehead atoms. The third-order valence-corrected chi connectivity index (χ3v) is 17.7. The molecule has 0 saturated heterocycles. The van der Waals surface area contributed by atoms with Crippen molar-refractivity contribution in [2.75, 3.05) is 13.2 Å². The average molecular weight is 1120 g/mol. The molecule has 0 aliphatic heterocycles. The number of unbranched alkanes of at least 4 members (excludes halogenated alkanes) is 59. The van der Waals surface area contributed by atoms with E-state index in [9.17, 15) is 19.8 Å². The highest BCUT2D eigenvalue weighted by molar-refractivity contribution is 5.76. The fourth-order valence-corrected chi connectivity index (χ4v) is 12.1. The minimum Gasteiger partial charge on any atom is -0.466 e. The molecule has 0 aromatic rings. The van der Waals surface area contributed by atoms with E-state index in [1.165, 1.54) is 360 Å². The zero-order chi connectivity index (χ0) is 57.1. The van der Waals surface area contributed by atoms with Gasteiger partial charge in [0, 0.05) is 12.8 Å². The molecule has 1 amide bonds. The molecular formula is C73H145NO5. The van der Waals surface area contributed by atoms with E-state index < -0.39 is 12.1 Å². The maximum Gasteiger partial charge on any atom is 0.305 e. The van der Waals surface area contributed by atoms with Crippen molar-refractivity contribution in [3.63, 3.8) is 0 Å². The van der Waals surface area contributed by atoms with Gasteiger partial charge in [-0.05, 0) is 25.7 Å². The largest absolute Gasteiger partial charge is 0.466 e. The van der Waals surface area contributed by atoms with Crippen LogP contribution in [-0.2, 0) is 14.3 Å². The van der Waals surface area contributed by atoms with Gasteiger partial charge in [0.05, 0.1) is 25.4 Å². The molecule has 0 aliphatic rings. The predicted octanol–water partition coefficient (Wildman–Crippen LogP) is 23.8. The molecule has 0 aliphatic carbocycles. The Hall–Kier alpha value is -1.14. The molecule has 0 radical (unpaired) electrons. The summed E-state index contributed by atoms with van der Waals surface area (Å²) in [7, 11) is 0. The van der Waals surface area contributed by atoms with Crippen LogP contribution >= 0.6 is 0 Å². The molecule has 0 fully saturated rings. The minimum atomic E-state index is -0.659. The molecular weight excluding hydrogens is 971 g/mol. The van der Waals surface area contributed by atoms with Crippen LogP contribution in [-0.4, -0.2) is 47.4 Å². The molecule has 2 unspecified atom stereocenters. The summed E-state index contributed by atoms with van der Waals surface area (Å²) in [5.74, 6) is -0.00197. The lowest BCUT2D eigenvalue weighted by Gasteiger charge is -2.22. The number of hydrogen-bond donors (Lipinski definition) is 3. The average Bonchev–Trinajstić information content (AvgIpc) is 3.45. The Kier molecular flexibility index (Phi) is 68.4. The standard InChI is InChI=1S/C73H145NO5/c1-3-5-7-9-11-13-15-16-17-39-42-46-49-53-57-61-65-71(76)70(69-75)74-72(77)66-62-58-54-50-47-43-40-37-35-33-31-29-27-25-23-21-19-18-20-22-24-26-28-30-32-34-36-38-41-44-48-52-56-60-64-68-79-73(78)67-63-59-55-51-45-14-12-10-8-6-4-2/h70-71,75-76H,3-69H2,1-2H3,(H,74,77). The summed E-state index contributed by atoms with van der Waals surface area (Å²) in [6.07, 6.45) is 84.7. The van der Waals surface area contributed by atoms with E-state index in [4.69, 9.17) is 4.74 Å². The van der Waals surface area contributed by atoms with Crippen LogP contribution < -0.4 is 5.32 Å². The monoisotopic (exact) mass is 1120 g/mol. The Bertz CT molecular complexity index is 1150. The molecule has 6 heteroatoms. The first-order valence-electron chi connectivity index (χ1n) is 36.8. The van der Waals surface area contributed by atoms with Crippen LogP contribution in [0.15, 0.2) is 0 Å². The topological polar surface area (TPSA) is 95.9 Å². The van der Waals surface area contributed by atoms with Gasteiger partial charge >= 0.3 is 5.97 Å². The number of carbonyl (C=O) groups is 2. The number of ether oxygens (including phenoxy) is 1. The maximum absolute atomic E-state index is 12.5. The smallest absolute Gasteiger partial charge is 0.305 e. The number of esters is 1. The first-order valence-corrected chi connectivity index (χ1v) is 36.8. The second kappa shape index (κ2) is 69.4. The zero-order valence-electron chi connectivity index (χ0n) is 54.2. The van der Waals surface area contributed by atoms with Gasteiger partial charge in [-0.3, -0.25) is 9.59 Å². The van der Waals surface area contributed by atoms with Gasteiger partial charge in [0.25, 0.3) is 0 Å². The van der Waals surface area contributed by atoms with Crippen molar-refractivity contribution in [3.8, 4) is 0 Å². The highest BCUT2D eigenvalue weighted by Crippen LogP contribution is 2.20. The normalized spacial score (nSPS) is 12.4. The lowest BCUT2D eigenvalue weighted by molar-refractivity contribution is -0.143. The van der Waals surface area contributed by atoms with Crippen molar-refractivity contribution in [2.24, 2.45) is 0 Å². The third kappa shape index (κ3) is 65.9. The van der Waals surface area contributed by atoms with Gasteiger partial charge < -0.3 is 20.3 Å². The molecule has 2 atom stereocenters. The van der Waals surface area contributed by atoms with Crippen LogP contribution in [0.3, 0.4) is 0 Å². The molecule has 0 rings (SSSR count). The van der Waals surface area contributed by atoms with Crippen LogP contribution in [0.2, 0.25) is 0 Å². The summed E-state index contributed by atoms with van der Waals surface area (Å²) in [6, 6.07) is -0.536. The highest BCUT2D eigenvalue weighted by Gasteiger charge is 2.20. The maximum atomic E-state index is 12.5. The third-order valence-electron chi connectivity index (χ3n) is 17.7. The highest BCUT2D eigenvalue weighted by atomic mass is 16.5. The van der Waals surface area contributed by atoms with Crippen molar-refractivity contribution in [3.05, 3.63) is 0 Å². The van der Waals surface area contributed by atoms with E-state index in [0.29, 0.717) is 25.9 Å². The first kappa shape index (κ1) is 77.9. The van der Waals surface area contributed by atoms with Crippen LogP contribution in [0, 0.1) is 0 Å². The fraction of sp³-hybridized carbons (Fsp3) is 0.973. The Balaban J connectivity index is 3.29. The Labute approximate surface area is 496 Å². The van der Waals surface area contributed by atoms with E-state index in [0.717, 1.165) is 38.5 Å². The van der Waals surface area contributed by atoms with Gasteiger partial charge in [-0.1, -0.05) is 393 Å². The summed E-state index contributed by atoms with van der Waals surface area (Å²) in [6.45, 7) is 5.00. The Morgan fingerprint density at radius 2 is 0.519 bits per heavy atom. The summed E-state index contributed by atoms with van der Waals surface area (Å²) >= 11 is 0. The number of amides is 1. The SMILES string of the molecule is CCCCCCCCCCCCCCCCCCC(O)C(CO)NC(=O)CCCCCCCCCCCCCCCCCCCCCCCCCCCCCCCCCCCCCOC(=O)CCCCCCCCCCCCC. The van der Waals surface area contributed by atoms with Crippen LogP contribution in [0.25, 0.3) is 0 Å². The quantitative estimate of drug-likeness (QED) is 0.0417. The van der Waals surface area contributed by atoms with Crippen LogP contribution in [0.4, 0.5) is 0 Å². The van der Waals surface area contributed by atoms with E-state index in [1.54, 1.807) is 0 Å². The molecule has 79 heavy (non-hydrogen) atoms. The van der Waals surface area contributed by atoms with Crippen LogP contribution in [0.1, 0.15) is 431 Å². The van der Waals surface area contributed by atoms with Crippen molar-refractivity contribution >= 4 is 11.9 Å². The van der Waals surface area contributed by atoms with Gasteiger partial charge in [-0.2, -0.15) is 0 Å². The summed E-state index contributed by atoms with van der Waals surface area (Å²) in [5.41, 5.74) is 0. The molecule has 0 aromatic heterocycles. The molecule has 472 valence electrons. The van der Waals surface area contributed by atoms with E-state index in [1.807, 2.05) is 0 Å². The molecule has 0 saturated carbocycles. The molecule has 0 spiro atoms. The predicted molar refractivity (Wildman–Crippen MR) is 347 cm³/mol. The summed E-state index contributed by atoms with van der Waals surface area (Å²) in [5, 5.41) is 23.4. The number of aliphatic hydroxyl groups excluding tert-OH is 2. The Morgan fingerprint density at radius 3 is 0.772 bits per heavy atom. The lowest BCUT2D eigenvalue weighted by atomic mass is 10.0. The molecule has 0 heterocycles. The second-order valence-corrected chi connectivity index (χ2v) is 25.6. The van der Waals surface area contributed by atoms with Crippen molar-refractivity contribution < 1.29 is 24.5 Å². The van der Waals surface area contributed by atoms with Gasteiger partial charge in [0.2, 0.25) is 5.91 Å². The fourth-order valence-electron chi connectivity index (χ4n) is 12.1. The number of nitrogens with one attached hydrogen (secondary N) is 1. The van der Waals surface area contributed by atoms with E-state index in [2.05, 4.69) is 19.2 Å². The van der Waals surface area contributed by atoms with E-state index >= 15 is 0 Å². The molecule has 0 aromatic carbocycles. The van der Waals surface area contributed by atoms with Crippen molar-refractivity contribution in [2.45, 2.75) is 443 Å². The number of rotatable bonds is 70. The van der Waals surface area contributed by atoms with Crippen molar-refractivity contribution in [1.82, 2.24) is 5.32 Å². The van der Waals surface area contributed by atoms with E-state index in [-0.39, 0.29) is 18.5 Å². The molecule has 3 N–H and O–H groups in total. The van der Waals surface area contributed by atoms with Gasteiger partial charge in [-0.15, -0.1) is 0 Å². The minimum absolute atomic E-state index is 0.0234. The molecule has 6 nitrogen and oxygen atoms in total. The zero-order valence-corrected chi connectivity index (χ0v) is 54.2. The van der Waals surface area contributed by atoms with Gasteiger partial charge in [0.15, 0.2) is 0 Å². The van der Waals surface area contributed by atoms with Crippen molar-refractivity contribution in [1.29, 1.82) is 0 Å². The summed E-state index contributed by atoms with van der Waals surface area (Å²) < 4.78 is 5.48.